The third kappa shape index (κ3) is 3.66. The van der Waals surface area contributed by atoms with E-state index in [-0.39, 0.29) is 25.3 Å². The highest BCUT2D eigenvalue weighted by Crippen LogP contribution is 2.12. The number of hydrogen-bond acceptors (Lipinski definition) is 5. The fraction of sp³-hybridized carbons (Fsp3) is 0.300. The molecule has 0 saturated heterocycles. The number of hydrogen-bond donors (Lipinski definition) is 1. The summed E-state index contributed by atoms with van der Waals surface area (Å²) in [5, 5.41) is 18.8. The topological polar surface area (TPSA) is 89.7 Å². The number of ether oxygens (including phenoxy) is 1. The van der Waals surface area contributed by atoms with Crippen molar-refractivity contribution in [1.29, 1.82) is 0 Å². The minimum Gasteiger partial charge on any atom is -0.461 e. The Morgan fingerprint density at radius 3 is 2.50 bits per heavy atom. The van der Waals surface area contributed by atoms with Crippen LogP contribution in [0.2, 0.25) is 0 Å². The van der Waals surface area contributed by atoms with E-state index in [1.165, 1.54) is 24.3 Å². The molecule has 86 valence electrons. The van der Waals surface area contributed by atoms with E-state index in [1.54, 1.807) is 0 Å². The summed E-state index contributed by atoms with van der Waals surface area (Å²) < 4.78 is 4.80. The van der Waals surface area contributed by atoms with E-state index in [0.717, 1.165) is 0 Å². The molecule has 0 bridgehead atoms. The Bertz CT molecular complexity index is 373. The number of esters is 1. The number of rotatable bonds is 5. The van der Waals surface area contributed by atoms with E-state index in [0.29, 0.717) is 5.56 Å². The summed E-state index contributed by atoms with van der Waals surface area (Å²) >= 11 is 0. The Balaban J connectivity index is 2.49. The summed E-state index contributed by atoms with van der Waals surface area (Å²) in [6.45, 7) is -0.198. The molecule has 1 aromatic rings. The minimum absolute atomic E-state index is 0.00886. The van der Waals surface area contributed by atoms with Crippen molar-refractivity contribution in [2.24, 2.45) is 0 Å². The summed E-state index contributed by atoms with van der Waals surface area (Å²) in [5.74, 6) is -0.499. The van der Waals surface area contributed by atoms with Crippen molar-refractivity contribution in [3.8, 4) is 0 Å². The molecular formula is C10H11NO5. The fourth-order valence-corrected chi connectivity index (χ4v) is 1.04. The van der Waals surface area contributed by atoms with Crippen molar-refractivity contribution >= 4 is 11.7 Å². The smallest absolute Gasteiger partial charge is 0.308 e. The molecule has 0 aliphatic rings. The van der Waals surface area contributed by atoms with Gasteiger partial charge in [0.25, 0.3) is 5.69 Å². The molecule has 0 unspecified atom stereocenters. The summed E-state index contributed by atoms with van der Waals surface area (Å²) in [6.07, 6.45) is -0.0486. The van der Waals surface area contributed by atoms with Crippen molar-refractivity contribution in [3.63, 3.8) is 0 Å². The number of carbonyl (C=O) groups excluding carboxylic acids is 1. The van der Waals surface area contributed by atoms with E-state index < -0.39 is 10.9 Å². The van der Waals surface area contributed by atoms with Crippen molar-refractivity contribution in [2.75, 3.05) is 6.61 Å². The fourth-order valence-electron chi connectivity index (χ4n) is 1.04. The van der Waals surface area contributed by atoms with Gasteiger partial charge in [0.1, 0.15) is 6.61 Å². The van der Waals surface area contributed by atoms with Crippen molar-refractivity contribution in [3.05, 3.63) is 39.9 Å². The molecule has 0 aliphatic carbocycles. The number of aliphatic hydroxyl groups is 1. The quantitative estimate of drug-likeness (QED) is 0.459. The van der Waals surface area contributed by atoms with E-state index in [1.807, 2.05) is 0 Å². The molecule has 0 fully saturated rings. The summed E-state index contributed by atoms with van der Waals surface area (Å²) in [5.41, 5.74) is 0.655. The van der Waals surface area contributed by atoms with Crippen molar-refractivity contribution < 1.29 is 19.6 Å². The summed E-state index contributed by atoms with van der Waals surface area (Å²) in [7, 11) is 0. The molecule has 0 radical (unpaired) electrons. The first-order valence-corrected chi connectivity index (χ1v) is 4.63. The second kappa shape index (κ2) is 5.82. The SMILES string of the molecule is O=C(CCO)OCc1ccc([N+](=O)[O-])cc1. The molecule has 6 heteroatoms. The standard InChI is InChI=1S/C10H11NO5/c12-6-5-10(13)16-7-8-1-3-9(4-2-8)11(14)15/h1-4,12H,5-7H2. The van der Waals surface area contributed by atoms with Crippen molar-refractivity contribution in [1.82, 2.24) is 0 Å². The molecule has 1 N–H and O–H groups in total. The molecule has 0 atom stereocenters. The van der Waals surface area contributed by atoms with Gasteiger partial charge in [-0.15, -0.1) is 0 Å². The third-order valence-electron chi connectivity index (χ3n) is 1.86. The second-order valence-corrected chi connectivity index (χ2v) is 3.06. The average molecular weight is 225 g/mol. The lowest BCUT2D eigenvalue weighted by molar-refractivity contribution is -0.384. The van der Waals surface area contributed by atoms with Crippen LogP contribution >= 0.6 is 0 Å². The molecule has 0 saturated carbocycles. The number of aliphatic hydroxyl groups excluding tert-OH is 1. The molecule has 0 aromatic heterocycles. The number of benzene rings is 1. The highest BCUT2D eigenvalue weighted by molar-refractivity contribution is 5.69. The average Bonchev–Trinajstić information content (AvgIpc) is 2.27. The van der Waals surface area contributed by atoms with Gasteiger partial charge in [0.05, 0.1) is 18.0 Å². The molecule has 0 spiro atoms. The van der Waals surface area contributed by atoms with Gasteiger partial charge >= 0.3 is 5.97 Å². The first-order valence-electron chi connectivity index (χ1n) is 4.63. The predicted molar refractivity (Wildman–Crippen MR) is 54.6 cm³/mol. The van der Waals surface area contributed by atoms with Crippen LogP contribution in [0.5, 0.6) is 0 Å². The van der Waals surface area contributed by atoms with Crippen LogP contribution in [0, 0.1) is 10.1 Å². The first kappa shape index (κ1) is 12.1. The Hall–Kier alpha value is -1.95. The third-order valence-corrected chi connectivity index (χ3v) is 1.86. The maximum atomic E-state index is 10.9. The maximum Gasteiger partial charge on any atom is 0.308 e. The van der Waals surface area contributed by atoms with Gasteiger partial charge < -0.3 is 9.84 Å². The molecule has 0 heterocycles. The van der Waals surface area contributed by atoms with Crippen LogP contribution in [0.4, 0.5) is 5.69 Å². The van der Waals surface area contributed by atoms with Crippen LogP contribution in [-0.4, -0.2) is 22.6 Å². The largest absolute Gasteiger partial charge is 0.461 e. The van der Waals surface area contributed by atoms with Gasteiger partial charge in [-0.1, -0.05) is 0 Å². The predicted octanol–water partition coefficient (Wildman–Crippen LogP) is 1.02. The number of nitro groups is 1. The maximum absolute atomic E-state index is 10.9. The lowest BCUT2D eigenvalue weighted by Crippen LogP contribution is -2.06. The zero-order valence-corrected chi connectivity index (χ0v) is 8.46. The highest BCUT2D eigenvalue weighted by Gasteiger charge is 2.05. The number of carbonyl (C=O) groups is 1. The van der Waals surface area contributed by atoms with Gasteiger partial charge in [0.15, 0.2) is 0 Å². The van der Waals surface area contributed by atoms with Gasteiger partial charge in [-0.25, -0.2) is 0 Å². The zero-order valence-electron chi connectivity index (χ0n) is 8.46. The Morgan fingerprint density at radius 2 is 2.00 bits per heavy atom. The molecule has 6 nitrogen and oxygen atoms in total. The van der Waals surface area contributed by atoms with Crippen LogP contribution in [0.15, 0.2) is 24.3 Å². The van der Waals surface area contributed by atoms with Crippen LogP contribution in [0.3, 0.4) is 0 Å². The minimum atomic E-state index is -0.499. The highest BCUT2D eigenvalue weighted by atomic mass is 16.6. The van der Waals surface area contributed by atoms with Gasteiger partial charge in [-0.05, 0) is 17.7 Å². The van der Waals surface area contributed by atoms with Crippen molar-refractivity contribution in [2.45, 2.75) is 13.0 Å². The van der Waals surface area contributed by atoms with Gasteiger partial charge in [-0.3, -0.25) is 14.9 Å². The summed E-state index contributed by atoms with van der Waals surface area (Å²) in [4.78, 5) is 20.8. The Labute approximate surface area is 91.6 Å². The second-order valence-electron chi connectivity index (χ2n) is 3.06. The van der Waals surface area contributed by atoms with E-state index >= 15 is 0 Å². The Kier molecular flexibility index (Phi) is 4.41. The molecule has 0 aliphatic heterocycles. The summed E-state index contributed by atoms with van der Waals surface area (Å²) in [6, 6.07) is 5.72. The molecule has 1 rings (SSSR count). The number of non-ortho nitro benzene ring substituents is 1. The van der Waals surface area contributed by atoms with Crippen LogP contribution in [0.1, 0.15) is 12.0 Å². The van der Waals surface area contributed by atoms with Gasteiger partial charge in [0.2, 0.25) is 0 Å². The van der Waals surface area contributed by atoms with E-state index in [4.69, 9.17) is 9.84 Å². The number of nitro benzene ring substituents is 1. The lowest BCUT2D eigenvalue weighted by atomic mass is 10.2. The van der Waals surface area contributed by atoms with E-state index in [9.17, 15) is 14.9 Å². The zero-order chi connectivity index (χ0) is 12.0. The number of nitrogens with zero attached hydrogens (tertiary/aromatic N) is 1. The van der Waals surface area contributed by atoms with Crippen LogP contribution in [-0.2, 0) is 16.1 Å². The van der Waals surface area contributed by atoms with Gasteiger partial charge in [0, 0.05) is 12.1 Å². The lowest BCUT2D eigenvalue weighted by Gasteiger charge is -2.03. The normalized spacial score (nSPS) is 9.81. The molecule has 1 aromatic carbocycles. The van der Waals surface area contributed by atoms with E-state index in [2.05, 4.69) is 0 Å². The monoisotopic (exact) mass is 225 g/mol. The molecular weight excluding hydrogens is 214 g/mol. The van der Waals surface area contributed by atoms with Crippen LogP contribution in [0.25, 0.3) is 0 Å². The Morgan fingerprint density at radius 1 is 1.38 bits per heavy atom. The first-order chi connectivity index (χ1) is 7.63. The van der Waals surface area contributed by atoms with Gasteiger partial charge in [-0.2, -0.15) is 0 Å². The molecule has 0 amide bonds. The molecule has 16 heavy (non-hydrogen) atoms. The van der Waals surface area contributed by atoms with Crippen LogP contribution < -0.4 is 0 Å².